The summed E-state index contributed by atoms with van der Waals surface area (Å²) < 4.78 is 28.3. The van der Waals surface area contributed by atoms with Crippen LogP contribution in [0.4, 0.5) is 8.78 Å². The summed E-state index contributed by atoms with van der Waals surface area (Å²) in [4.78, 5) is 0. The Labute approximate surface area is 123 Å². The summed E-state index contributed by atoms with van der Waals surface area (Å²) in [5.41, 5.74) is 1.38. The molecule has 6 heteroatoms. The van der Waals surface area contributed by atoms with Crippen LogP contribution in [0.15, 0.2) is 30.5 Å². The normalized spacial score (nSPS) is 10.3. The fraction of sp³-hybridized carbons (Fsp3) is 0.357. The van der Waals surface area contributed by atoms with Gasteiger partial charge < -0.3 is 5.32 Å². The van der Waals surface area contributed by atoms with Crippen LogP contribution in [0.2, 0.25) is 0 Å². The van der Waals surface area contributed by atoms with Crippen LogP contribution in [0, 0.1) is 11.6 Å². The Balaban J connectivity index is 0.00000200. The standard InChI is InChI=1S/C14H17F2N3.ClH/c1-2-7-19-13(5-6-18-19)10-17-9-11-8-12(15)3-4-14(11)16;/h3-6,8,17H,2,7,9-10H2,1H3;1H. The van der Waals surface area contributed by atoms with E-state index in [1.807, 2.05) is 10.7 Å². The number of aromatic nitrogens is 2. The Morgan fingerprint density at radius 3 is 2.75 bits per heavy atom. The highest BCUT2D eigenvalue weighted by atomic mass is 35.5. The van der Waals surface area contributed by atoms with E-state index in [0.29, 0.717) is 18.7 Å². The van der Waals surface area contributed by atoms with Crippen LogP contribution >= 0.6 is 12.4 Å². The summed E-state index contributed by atoms with van der Waals surface area (Å²) >= 11 is 0. The first kappa shape index (κ1) is 16.6. The zero-order valence-corrected chi connectivity index (χ0v) is 12.1. The maximum absolute atomic E-state index is 13.4. The zero-order chi connectivity index (χ0) is 13.7. The van der Waals surface area contributed by atoms with E-state index in [9.17, 15) is 8.78 Å². The van der Waals surface area contributed by atoms with Crippen molar-refractivity contribution in [2.45, 2.75) is 33.0 Å². The minimum absolute atomic E-state index is 0. The number of rotatable bonds is 6. The molecule has 0 saturated heterocycles. The molecule has 0 saturated carbocycles. The van der Waals surface area contributed by atoms with Gasteiger partial charge in [-0.15, -0.1) is 12.4 Å². The number of benzene rings is 1. The fourth-order valence-electron chi connectivity index (χ4n) is 1.93. The van der Waals surface area contributed by atoms with Crippen LogP contribution in [0.5, 0.6) is 0 Å². The summed E-state index contributed by atoms with van der Waals surface area (Å²) in [7, 11) is 0. The van der Waals surface area contributed by atoms with Gasteiger partial charge in [0.2, 0.25) is 0 Å². The molecule has 3 nitrogen and oxygen atoms in total. The van der Waals surface area contributed by atoms with E-state index in [0.717, 1.165) is 30.8 Å². The first-order valence-corrected chi connectivity index (χ1v) is 6.36. The quantitative estimate of drug-likeness (QED) is 0.887. The van der Waals surface area contributed by atoms with Crippen molar-refractivity contribution >= 4 is 12.4 Å². The molecule has 0 aliphatic carbocycles. The molecular weight excluding hydrogens is 284 g/mol. The molecule has 0 radical (unpaired) electrons. The molecule has 0 fully saturated rings. The highest BCUT2D eigenvalue weighted by Crippen LogP contribution is 2.09. The number of nitrogens with one attached hydrogen (secondary N) is 1. The van der Waals surface area contributed by atoms with Gasteiger partial charge in [-0.3, -0.25) is 4.68 Å². The summed E-state index contributed by atoms with van der Waals surface area (Å²) in [6, 6.07) is 5.40. The lowest BCUT2D eigenvalue weighted by Gasteiger charge is -2.08. The second-order valence-corrected chi connectivity index (χ2v) is 4.38. The van der Waals surface area contributed by atoms with Crippen molar-refractivity contribution in [2.75, 3.05) is 0 Å². The Hall–Kier alpha value is -1.46. The zero-order valence-electron chi connectivity index (χ0n) is 11.3. The molecule has 20 heavy (non-hydrogen) atoms. The van der Waals surface area contributed by atoms with Gasteiger partial charge in [0.1, 0.15) is 11.6 Å². The van der Waals surface area contributed by atoms with Crippen molar-refractivity contribution in [3.63, 3.8) is 0 Å². The third kappa shape index (κ3) is 4.28. The monoisotopic (exact) mass is 301 g/mol. The van der Waals surface area contributed by atoms with Crippen LogP contribution < -0.4 is 5.32 Å². The summed E-state index contributed by atoms with van der Waals surface area (Å²) in [6.45, 7) is 3.82. The lowest BCUT2D eigenvalue weighted by Crippen LogP contribution is -2.17. The van der Waals surface area contributed by atoms with E-state index in [2.05, 4.69) is 17.3 Å². The molecular formula is C14H18ClF2N3. The van der Waals surface area contributed by atoms with E-state index in [1.165, 1.54) is 6.07 Å². The first-order valence-electron chi connectivity index (χ1n) is 6.36. The van der Waals surface area contributed by atoms with Crippen LogP contribution in [-0.4, -0.2) is 9.78 Å². The van der Waals surface area contributed by atoms with E-state index in [1.54, 1.807) is 6.20 Å². The predicted molar refractivity (Wildman–Crippen MR) is 76.7 cm³/mol. The van der Waals surface area contributed by atoms with Gasteiger partial charge in [-0.05, 0) is 30.7 Å². The van der Waals surface area contributed by atoms with E-state index < -0.39 is 11.6 Å². The molecule has 0 unspecified atom stereocenters. The first-order chi connectivity index (χ1) is 9.20. The molecule has 1 aromatic carbocycles. The van der Waals surface area contributed by atoms with Crippen molar-refractivity contribution in [1.82, 2.24) is 15.1 Å². The molecule has 1 heterocycles. The smallest absolute Gasteiger partial charge is 0.127 e. The Kier molecular flexibility index (Phi) is 6.61. The molecule has 0 bridgehead atoms. The molecule has 0 aliphatic heterocycles. The molecule has 2 rings (SSSR count). The molecule has 0 spiro atoms. The lowest BCUT2D eigenvalue weighted by atomic mass is 10.2. The maximum Gasteiger partial charge on any atom is 0.127 e. The van der Waals surface area contributed by atoms with E-state index >= 15 is 0 Å². The number of halogens is 3. The van der Waals surface area contributed by atoms with Gasteiger partial charge in [-0.1, -0.05) is 6.92 Å². The lowest BCUT2D eigenvalue weighted by molar-refractivity contribution is 0.537. The van der Waals surface area contributed by atoms with Gasteiger partial charge in [0.15, 0.2) is 0 Å². The third-order valence-corrected chi connectivity index (χ3v) is 2.87. The van der Waals surface area contributed by atoms with Crippen molar-refractivity contribution < 1.29 is 8.78 Å². The van der Waals surface area contributed by atoms with Gasteiger partial charge in [0.05, 0.1) is 5.69 Å². The summed E-state index contributed by atoms with van der Waals surface area (Å²) in [5, 5.41) is 7.31. The van der Waals surface area contributed by atoms with Crippen LogP contribution in [0.1, 0.15) is 24.6 Å². The van der Waals surface area contributed by atoms with Crippen LogP contribution in [-0.2, 0) is 19.6 Å². The topological polar surface area (TPSA) is 29.9 Å². The van der Waals surface area contributed by atoms with Gasteiger partial charge in [0, 0.05) is 31.4 Å². The summed E-state index contributed by atoms with van der Waals surface area (Å²) in [5.74, 6) is -0.815. The average molecular weight is 302 g/mol. The highest BCUT2D eigenvalue weighted by Gasteiger charge is 2.05. The molecule has 0 aliphatic rings. The molecule has 0 amide bonds. The number of aryl methyl sites for hydroxylation is 1. The molecule has 110 valence electrons. The molecule has 0 atom stereocenters. The van der Waals surface area contributed by atoms with Crippen molar-refractivity contribution in [1.29, 1.82) is 0 Å². The molecule has 1 N–H and O–H groups in total. The summed E-state index contributed by atoms with van der Waals surface area (Å²) in [6.07, 6.45) is 2.75. The van der Waals surface area contributed by atoms with Crippen LogP contribution in [0.25, 0.3) is 0 Å². The van der Waals surface area contributed by atoms with Gasteiger partial charge in [0.25, 0.3) is 0 Å². The van der Waals surface area contributed by atoms with Crippen LogP contribution in [0.3, 0.4) is 0 Å². The largest absolute Gasteiger partial charge is 0.307 e. The molecule has 1 aromatic heterocycles. The van der Waals surface area contributed by atoms with Crippen molar-refractivity contribution in [3.8, 4) is 0 Å². The Morgan fingerprint density at radius 2 is 2.00 bits per heavy atom. The SMILES string of the molecule is CCCn1nccc1CNCc1cc(F)ccc1F.Cl. The maximum atomic E-state index is 13.4. The number of hydrogen-bond acceptors (Lipinski definition) is 2. The number of nitrogens with zero attached hydrogens (tertiary/aromatic N) is 2. The second kappa shape index (κ2) is 7.97. The fourth-order valence-corrected chi connectivity index (χ4v) is 1.93. The third-order valence-electron chi connectivity index (χ3n) is 2.87. The highest BCUT2D eigenvalue weighted by molar-refractivity contribution is 5.85. The Bertz CT molecular complexity index is 543. The van der Waals surface area contributed by atoms with Crippen molar-refractivity contribution in [3.05, 3.63) is 53.4 Å². The van der Waals surface area contributed by atoms with E-state index in [-0.39, 0.29) is 12.4 Å². The predicted octanol–water partition coefficient (Wildman–Crippen LogP) is 3.28. The van der Waals surface area contributed by atoms with Gasteiger partial charge >= 0.3 is 0 Å². The minimum Gasteiger partial charge on any atom is -0.307 e. The average Bonchev–Trinajstić information content (AvgIpc) is 2.82. The number of hydrogen-bond donors (Lipinski definition) is 1. The molecule has 2 aromatic rings. The minimum atomic E-state index is -0.422. The van der Waals surface area contributed by atoms with Crippen molar-refractivity contribution in [2.24, 2.45) is 0 Å². The Morgan fingerprint density at radius 1 is 1.20 bits per heavy atom. The van der Waals surface area contributed by atoms with Gasteiger partial charge in [-0.25, -0.2) is 8.78 Å². The second-order valence-electron chi connectivity index (χ2n) is 4.38. The van der Waals surface area contributed by atoms with E-state index in [4.69, 9.17) is 0 Å². The van der Waals surface area contributed by atoms with Gasteiger partial charge in [-0.2, -0.15) is 5.10 Å².